The lowest BCUT2D eigenvalue weighted by Gasteiger charge is -2.33. The monoisotopic (exact) mass is 907 g/mol. The predicted octanol–water partition coefficient (Wildman–Crippen LogP) is 5.20. The highest BCUT2D eigenvalue weighted by Gasteiger charge is 2.42. The Morgan fingerprint density at radius 1 is 0.806 bits per heavy atom. The number of hydrogen-bond donors (Lipinski definition) is 6. The molecule has 3 heterocycles. The quantitative estimate of drug-likeness (QED) is 0.0491. The van der Waals surface area contributed by atoms with Crippen molar-refractivity contribution in [3.05, 3.63) is 177 Å². The van der Waals surface area contributed by atoms with Gasteiger partial charge in [-0.15, -0.1) is 0 Å². The molecule has 2 amide bonds. The number of esters is 1. The van der Waals surface area contributed by atoms with Crippen LogP contribution in [0.4, 0.5) is 0 Å². The van der Waals surface area contributed by atoms with E-state index in [4.69, 9.17) is 9.47 Å². The van der Waals surface area contributed by atoms with Crippen LogP contribution >= 0.6 is 0 Å². The predicted molar refractivity (Wildman–Crippen MR) is 253 cm³/mol. The molecule has 0 bridgehead atoms. The third kappa shape index (κ3) is 11.6. The molecule has 14 nitrogen and oxygen atoms in total. The smallest absolute Gasteiger partial charge is 0.347 e. The third-order valence-electron chi connectivity index (χ3n) is 12.8. The van der Waals surface area contributed by atoms with Crippen LogP contribution in [0.5, 0.6) is 11.5 Å². The number of benzene rings is 5. The average Bonchev–Trinajstić information content (AvgIpc) is 3.83. The summed E-state index contributed by atoms with van der Waals surface area (Å²) >= 11 is 0. The SMILES string of the molecule is O=C(COc1cccc(C(O)(C(=O)OCC2CCN(Cc3ccccc3)CC2)c2ccccc2)c1)N[C@H]1CCN(C(=O)c2ccc(CCNC[C@H](O)c3ccc(O)c4[nH]c(=O)ccc34)cc2)C1. The molecule has 0 saturated carbocycles. The van der Waals surface area contributed by atoms with E-state index >= 15 is 0 Å². The van der Waals surface area contributed by atoms with Gasteiger partial charge in [0.15, 0.2) is 6.61 Å². The number of amides is 2. The van der Waals surface area contributed by atoms with Gasteiger partial charge < -0.3 is 45.3 Å². The van der Waals surface area contributed by atoms with Crippen LogP contribution < -0.4 is 20.9 Å². The molecule has 0 spiro atoms. The topological polar surface area (TPSA) is 194 Å². The number of fused-ring (bicyclic) bond motifs is 1. The molecule has 67 heavy (non-hydrogen) atoms. The average molecular weight is 908 g/mol. The molecule has 5 aromatic carbocycles. The number of aromatic hydroxyl groups is 1. The van der Waals surface area contributed by atoms with Crippen LogP contribution in [0.15, 0.2) is 138 Å². The highest BCUT2D eigenvalue weighted by molar-refractivity contribution is 5.94. The van der Waals surface area contributed by atoms with Gasteiger partial charge in [-0.1, -0.05) is 91.0 Å². The first-order valence-electron chi connectivity index (χ1n) is 22.9. The number of aliphatic hydroxyl groups is 2. The number of H-pyrrole nitrogens is 1. The van der Waals surface area contributed by atoms with Crippen molar-refractivity contribution >= 4 is 28.7 Å². The standard InChI is InChI=1S/C53H57N5O9/c59-46-20-18-44(45-19-21-48(61)56-50(45)46)47(60)31-54-26-22-36-14-16-39(17-15-36)51(63)58-29-25-42(33-58)55-49(62)35-66-43-13-7-12-41(30-43)53(65,40-10-5-2-6-11-40)52(64)67-34-38-23-27-57(28-24-38)32-37-8-3-1-4-9-37/h1-21,30,38,42,47,54,59-60,65H,22-29,31-35H2,(H,55,62)(H,56,61)/t42-,47-,53?/m0/s1. The van der Waals surface area contributed by atoms with Gasteiger partial charge in [0.05, 0.1) is 18.2 Å². The highest BCUT2D eigenvalue weighted by atomic mass is 16.5. The Bertz CT molecular complexity index is 2690. The zero-order valence-electron chi connectivity index (χ0n) is 37.3. The molecule has 1 aromatic heterocycles. The van der Waals surface area contributed by atoms with Crippen molar-refractivity contribution in [3.63, 3.8) is 0 Å². The van der Waals surface area contributed by atoms with E-state index in [1.54, 1.807) is 77.7 Å². The van der Waals surface area contributed by atoms with E-state index in [2.05, 4.69) is 32.7 Å². The number of hydrogen-bond acceptors (Lipinski definition) is 11. The first-order chi connectivity index (χ1) is 32.5. The zero-order valence-corrected chi connectivity index (χ0v) is 37.3. The molecule has 2 fully saturated rings. The number of phenolic OH excluding ortho intramolecular Hbond substituents is 1. The van der Waals surface area contributed by atoms with E-state index in [0.29, 0.717) is 60.3 Å². The number of pyridine rings is 1. The summed E-state index contributed by atoms with van der Waals surface area (Å²) in [7, 11) is 0. The number of carbonyl (C=O) groups excluding carboxylic acids is 3. The number of ether oxygens (including phenoxy) is 2. The first-order valence-corrected chi connectivity index (χ1v) is 22.9. The summed E-state index contributed by atoms with van der Waals surface area (Å²) in [6.07, 6.45) is 2.13. The van der Waals surface area contributed by atoms with Crippen molar-refractivity contribution in [1.82, 2.24) is 25.4 Å². The van der Waals surface area contributed by atoms with Crippen LogP contribution in [0.1, 0.15) is 63.5 Å². The van der Waals surface area contributed by atoms with Gasteiger partial charge in [0.2, 0.25) is 11.2 Å². The molecule has 3 atom stereocenters. The Hall–Kier alpha value is -6.84. The normalized spacial score (nSPS) is 16.9. The van der Waals surface area contributed by atoms with Gasteiger partial charge in [0.1, 0.15) is 11.5 Å². The minimum atomic E-state index is -2.11. The second-order valence-corrected chi connectivity index (χ2v) is 17.5. The molecule has 6 N–H and O–H groups in total. The fourth-order valence-corrected chi connectivity index (χ4v) is 8.95. The number of nitrogens with one attached hydrogen (secondary N) is 3. The summed E-state index contributed by atoms with van der Waals surface area (Å²) < 4.78 is 11.8. The van der Waals surface area contributed by atoms with Crippen LogP contribution in [0.25, 0.3) is 10.9 Å². The van der Waals surface area contributed by atoms with E-state index in [9.17, 15) is 34.5 Å². The van der Waals surface area contributed by atoms with Crippen molar-refractivity contribution < 1.29 is 39.2 Å². The molecule has 0 aliphatic carbocycles. The maximum Gasteiger partial charge on any atom is 0.347 e. The summed E-state index contributed by atoms with van der Waals surface area (Å²) in [5.41, 5.74) is 1.84. The Morgan fingerprint density at radius 2 is 1.54 bits per heavy atom. The van der Waals surface area contributed by atoms with Crippen LogP contribution in [-0.4, -0.2) is 106 Å². The largest absolute Gasteiger partial charge is 0.506 e. The Morgan fingerprint density at radius 3 is 2.30 bits per heavy atom. The van der Waals surface area contributed by atoms with E-state index in [1.165, 1.54) is 17.7 Å². The van der Waals surface area contributed by atoms with Crippen LogP contribution in [0.3, 0.4) is 0 Å². The molecule has 1 unspecified atom stereocenters. The molecular formula is C53H57N5O9. The number of rotatable bonds is 18. The minimum Gasteiger partial charge on any atom is -0.506 e. The number of aromatic amines is 1. The van der Waals surface area contributed by atoms with Crippen molar-refractivity contribution in [1.29, 1.82) is 0 Å². The number of nitrogens with zero attached hydrogens (tertiary/aromatic N) is 2. The van der Waals surface area contributed by atoms with Gasteiger partial charge in [0, 0.05) is 54.8 Å². The Balaban J connectivity index is 0.780. The number of aromatic nitrogens is 1. The van der Waals surface area contributed by atoms with Gasteiger partial charge in [0.25, 0.3) is 11.8 Å². The second kappa shape index (κ2) is 21.6. The van der Waals surface area contributed by atoms with Crippen molar-refractivity contribution in [3.8, 4) is 11.5 Å². The number of piperidine rings is 1. The highest BCUT2D eigenvalue weighted by Crippen LogP contribution is 2.34. The molecule has 348 valence electrons. The zero-order chi connectivity index (χ0) is 46.8. The van der Waals surface area contributed by atoms with Gasteiger partial charge >= 0.3 is 5.97 Å². The number of likely N-dealkylation sites (tertiary alicyclic amines) is 2. The van der Waals surface area contributed by atoms with E-state index < -0.39 is 17.7 Å². The van der Waals surface area contributed by atoms with Crippen molar-refractivity contribution in [2.45, 2.75) is 50.0 Å². The molecule has 6 aromatic rings. The van der Waals surface area contributed by atoms with E-state index in [0.717, 1.165) is 38.0 Å². The lowest BCUT2D eigenvalue weighted by Crippen LogP contribution is -2.41. The van der Waals surface area contributed by atoms with Gasteiger partial charge in [-0.3, -0.25) is 19.3 Å². The third-order valence-corrected chi connectivity index (χ3v) is 12.8. The summed E-state index contributed by atoms with van der Waals surface area (Å²) in [5.74, 6) is -0.868. The second-order valence-electron chi connectivity index (χ2n) is 17.5. The number of aliphatic hydroxyl groups excluding tert-OH is 1. The molecule has 2 aliphatic heterocycles. The lowest BCUT2D eigenvalue weighted by atomic mass is 9.86. The molecular weight excluding hydrogens is 851 g/mol. The summed E-state index contributed by atoms with van der Waals surface area (Å²) in [6, 6.07) is 38.7. The van der Waals surface area contributed by atoms with Crippen molar-refractivity contribution in [2.24, 2.45) is 5.92 Å². The molecule has 14 heteroatoms. The van der Waals surface area contributed by atoms with Crippen molar-refractivity contribution in [2.75, 3.05) is 52.5 Å². The maximum absolute atomic E-state index is 13.9. The van der Waals surface area contributed by atoms with Crippen LogP contribution in [0.2, 0.25) is 0 Å². The maximum atomic E-state index is 13.9. The fraction of sp³-hybridized carbons (Fsp3) is 0.321. The van der Waals surface area contributed by atoms with Crippen LogP contribution in [0, 0.1) is 5.92 Å². The first kappa shape index (κ1) is 46.7. The fourth-order valence-electron chi connectivity index (χ4n) is 8.95. The van der Waals surface area contributed by atoms with Gasteiger partial charge in [-0.05, 0) is 110 Å². The molecule has 8 rings (SSSR count). The van der Waals surface area contributed by atoms with Gasteiger partial charge in [-0.25, -0.2) is 4.79 Å². The molecule has 2 aliphatic rings. The summed E-state index contributed by atoms with van der Waals surface area (Å²) in [6.45, 7) is 4.21. The minimum absolute atomic E-state index is 0.0641. The number of carbonyl (C=O) groups is 3. The number of phenols is 1. The lowest BCUT2D eigenvalue weighted by molar-refractivity contribution is -0.164. The summed E-state index contributed by atoms with van der Waals surface area (Å²) in [4.78, 5) is 58.9. The Labute approximate surface area is 389 Å². The van der Waals surface area contributed by atoms with Gasteiger partial charge in [-0.2, -0.15) is 0 Å². The molecule has 0 radical (unpaired) electrons. The van der Waals surface area contributed by atoms with Crippen LogP contribution in [-0.2, 0) is 32.9 Å². The molecule has 2 saturated heterocycles. The summed E-state index contributed by atoms with van der Waals surface area (Å²) in [5, 5.41) is 40.0. The van der Waals surface area contributed by atoms with E-state index in [-0.39, 0.29) is 65.9 Å². The Kier molecular flexibility index (Phi) is 15.1. The van der Waals surface area contributed by atoms with E-state index in [1.807, 2.05) is 36.4 Å².